The van der Waals surface area contributed by atoms with Gasteiger partial charge in [0, 0.05) is 18.2 Å². The van der Waals surface area contributed by atoms with Crippen LogP contribution in [0.15, 0.2) is 36.0 Å². The molecule has 1 N–H and O–H groups in total. The number of carbonyl (C=O) groups is 2. The number of para-hydroxylation sites is 1. The van der Waals surface area contributed by atoms with Gasteiger partial charge in [-0.3, -0.25) is 4.79 Å². The molecule has 1 aromatic carbocycles. The summed E-state index contributed by atoms with van der Waals surface area (Å²) in [5.74, 6) is -0.165. The Kier molecular flexibility index (Phi) is 4.93. The summed E-state index contributed by atoms with van der Waals surface area (Å²) in [6.07, 6.45) is 5.15. The summed E-state index contributed by atoms with van der Waals surface area (Å²) in [6.45, 7) is 2.11. The zero-order valence-corrected chi connectivity index (χ0v) is 11.6. The lowest BCUT2D eigenvalue weighted by Crippen LogP contribution is -2.11. The molecular formula is C16H19NO3. The Morgan fingerprint density at radius 2 is 2.05 bits per heavy atom. The number of esters is 1. The van der Waals surface area contributed by atoms with Crippen molar-refractivity contribution in [2.75, 3.05) is 11.9 Å². The highest BCUT2D eigenvalue weighted by Gasteiger charge is 2.15. The van der Waals surface area contributed by atoms with E-state index in [9.17, 15) is 9.59 Å². The molecule has 1 aliphatic rings. The molecule has 0 aromatic heterocycles. The molecule has 0 unspecified atom stereocenters. The van der Waals surface area contributed by atoms with E-state index < -0.39 is 0 Å². The van der Waals surface area contributed by atoms with Crippen LogP contribution in [0.25, 0.3) is 0 Å². The SMILES string of the molecule is CCOC(=O)c1ccccc1NC=C1CCCCC1=O. The first-order valence-electron chi connectivity index (χ1n) is 6.97. The number of ether oxygens (including phenoxy) is 1. The lowest BCUT2D eigenvalue weighted by molar-refractivity contribution is -0.116. The number of ketones is 1. The van der Waals surface area contributed by atoms with E-state index in [4.69, 9.17) is 4.74 Å². The quantitative estimate of drug-likeness (QED) is 0.675. The summed E-state index contributed by atoms with van der Waals surface area (Å²) in [4.78, 5) is 23.6. The van der Waals surface area contributed by atoms with Crippen molar-refractivity contribution in [3.05, 3.63) is 41.6 Å². The van der Waals surface area contributed by atoms with Crippen molar-refractivity contribution in [2.45, 2.75) is 32.6 Å². The minimum absolute atomic E-state index is 0.192. The molecule has 4 nitrogen and oxygen atoms in total. The zero-order chi connectivity index (χ0) is 14.4. The van der Waals surface area contributed by atoms with Gasteiger partial charge in [0.15, 0.2) is 5.78 Å². The molecule has 20 heavy (non-hydrogen) atoms. The Labute approximate surface area is 118 Å². The van der Waals surface area contributed by atoms with E-state index in [-0.39, 0.29) is 11.8 Å². The highest BCUT2D eigenvalue weighted by atomic mass is 16.5. The van der Waals surface area contributed by atoms with Gasteiger partial charge in [-0.2, -0.15) is 0 Å². The van der Waals surface area contributed by atoms with Crippen molar-refractivity contribution < 1.29 is 14.3 Å². The van der Waals surface area contributed by atoms with E-state index in [1.54, 1.807) is 31.3 Å². The minimum Gasteiger partial charge on any atom is -0.462 e. The highest BCUT2D eigenvalue weighted by molar-refractivity contribution is 5.98. The van der Waals surface area contributed by atoms with E-state index in [0.717, 1.165) is 24.8 Å². The molecule has 0 bridgehead atoms. The van der Waals surface area contributed by atoms with Gasteiger partial charge in [0.05, 0.1) is 17.9 Å². The second-order valence-corrected chi connectivity index (χ2v) is 4.71. The zero-order valence-electron chi connectivity index (χ0n) is 11.6. The maximum absolute atomic E-state index is 11.8. The summed E-state index contributed by atoms with van der Waals surface area (Å²) in [5, 5.41) is 3.07. The fraction of sp³-hybridized carbons (Fsp3) is 0.375. The van der Waals surface area contributed by atoms with Crippen LogP contribution in [0.3, 0.4) is 0 Å². The molecule has 1 fully saturated rings. The summed E-state index contributed by atoms with van der Waals surface area (Å²) >= 11 is 0. The maximum Gasteiger partial charge on any atom is 0.340 e. The van der Waals surface area contributed by atoms with Gasteiger partial charge in [-0.1, -0.05) is 12.1 Å². The van der Waals surface area contributed by atoms with Crippen molar-refractivity contribution in [2.24, 2.45) is 0 Å². The molecule has 0 aliphatic heterocycles. The van der Waals surface area contributed by atoms with Crippen LogP contribution >= 0.6 is 0 Å². The third-order valence-corrected chi connectivity index (χ3v) is 3.28. The van der Waals surface area contributed by atoms with Crippen LogP contribution in [-0.2, 0) is 9.53 Å². The Morgan fingerprint density at radius 3 is 2.80 bits per heavy atom. The first-order valence-corrected chi connectivity index (χ1v) is 6.97. The van der Waals surface area contributed by atoms with E-state index in [2.05, 4.69) is 5.32 Å². The molecule has 2 rings (SSSR count). The fourth-order valence-corrected chi connectivity index (χ4v) is 2.21. The molecule has 0 heterocycles. The molecule has 0 spiro atoms. The normalized spacial score (nSPS) is 17.1. The van der Waals surface area contributed by atoms with Crippen LogP contribution in [0.2, 0.25) is 0 Å². The van der Waals surface area contributed by atoms with Crippen LogP contribution in [0.5, 0.6) is 0 Å². The fourth-order valence-electron chi connectivity index (χ4n) is 2.21. The number of carbonyl (C=O) groups excluding carboxylic acids is 2. The van der Waals surface area contributed by atoms with Gasteiger partial charge in [-0.05, 0) is 38.3 Å². The number of hydrogen-bond donors (Lipinski definition) is 1. The average molecular weight is 273 g/mol. The first kappa shape index (κ1) is 14.3. The van der Waals surface area contributed by atoms with Gasteiger partial charge >= 0.3 is 5.97 Å². The number of hydrogen-bond acceptors (Lipinski definition) is 4. The standard InChI is InChI=1S/C16H19NO3/c1-2-20-16(19)13-8-4-5-9-14(13)17-11-12-7-3-6-10-15(12)18/h4-5,8-9,11,17H,2-3,6-7,10H2,1H3. The van der Waals surface area contributed by atoms with Gasteiger partial charge < -0.3 is 10.1 Å². The van der Waals surface area contributed by atoms with Crippen LogP contribution in [0.1, 0.15) is 43.0 Å². The summed E-state index contributed by atoms with van der Waals surface area (Å²) in [6, 6.07) is 7.14. The van der Waals surface area contributed by atoms with Crippen LogP contribution in [-0.4, -0.2) is 18.4 Å². The van der Waals surface area contributed by atoms with Gasteiger partial charge in [-0.15, -0.1) is 0 Å². The first-order chi connectivity index (χ1) is 9.72. The molecule has 106 valence electrons. The Balaban J connectivity index is 2.15. The molecule has 4 heteroatoms. The van der Waals surface area contributed by atoms with E-state index in [1.807, 2.05) is 6.07 Å². The molecule has 1 aromatic rings. The lowest BCUT2D eigenvalue weighted by atomic mass is 9.94. The summed E-state index contributed by atoms with van der Waals surface area (Å²) in [5.41, 5.74) is 1.95. The molecule has 0 amide bonds. The predicted molar refractivity (Wildman–Crippen MR) is 77.6 cm³/mol. The number of anilines is 1. The number of nitrogens with one attached hydrogen (secondary N) is 1. The second kappa shape index (κ2) is 6.89. The van der Waals surface area contributed by atoms with Crippen LogP contribution in [0, 0.1) is 0 Å². The molecule has 0 radical (unpaired) electrons. The maximum atomic E-state index is 11.8. The number of benzene rings is 1. The molecule has 1 saturated carbocycles. The van der Waals surface area contributed by atoms with Crippen LogP contribution in [0.4, 0.5) is 5.69 Å². The van der Waals surface area contributed by atoms with E-state index in [0.29, 0.717) is 24.3 Å². The Hall–Kier alpha value is -2.10. The molecular weight excluding hydrogens is 254 g/mol. The third kappa shape index (κ3) is 3.47. The minimum atomic E-state index is -0.357. The van der Waals surface area contributed by atoms with Crippen molar-refractivity contribution >= 4 is 17.4 Å². The predicted octanol–water partition coefficient (Wildman–Crippen LogP) is 3.30. The Bertz CT molecular complexity index is 534. The van der Waals surface area contributed by atoms with Crippen molar-refractivity contribution in [1.82, 2.24) is 0 Å². The van der Waals surface area contributed by atoms with E-state index >= 15 is 0 Å². The molecule has 0 saturated heterocycles. The summed E-state index contributed by atoms with van der Waals surface area (Å²) in [7, 11) is 0. The van der Waals surface area contributed by atoms with Crippen molar-refractivity contribution in [3.63, 3.8) is 0 Å². The van der Waals surface area contributed by atoms with E-state index in [1.165, 1.54) is 0 Å². The van der Waals surface area contributed by atoms with Gasteiger partial charge in [0.2, 0.25) is 0 Å². The smallest absolute Gasteiger partial charge is 0.340 e. The largest absolute Gasteiger partial charge is 0.462 e. The lowest BCUT2D eigenvalue weighted by Gasteiger charge is -2.14. The molecule has 0 atom stereocenters. The van der Waals surface area contributed by atoms with Crippen molar-refractivity contribution in [1.29, 1.82) is 0 Å². The van der Waals surface area contributed by atoms with Crippen LogP contribution < -0.4 is 5.32 Å². The number of rotatable bonds is 4. The monoisotopic (exact) mass is 273 g/mol. The molecule has 1 aliphatic carbocycles. The highest BCUT2D eigenvalue weighted by Crippen LogP contribution is 2.21. The van der Waals surface area contributed by atoms with Gasteiger partial charge in [0.1, 0.15) is 0 Å². The second-order valence-electron chi connectivity index (χ2n) is 4.71. The van der Waals surface area contributed by atoms with Gasteiger partial charge in [0.25, 0.3) is 0 Å². The number of Topliss-reactive ketones (excluding diaryl/α,β-unsaturated/α-hetero) is 1. The van der Waals surface area contributed by atoms with Gasteiger partial charge in [-0.25, -0.2) is 4.79 Å². The third-order valence-electron chi connectivity index (χ3n) is 3.28. The summed E-state index contributed by atoms with van der Waals surface area (Å²) < 4.78 is 5.01. The van der Waals surface area contributed by atoms with Crippen molar-refractivity contribution in [3.8, 4) is 0 Å². The average Bonchev–Trinajstić information content (AvgIpc) is 2.47. The Morgan fingerprint density at radius 1 is 1.30 bits per heavy atom. The number of allylic oxidation sites excluding steroid dienone is 1. The topological polar surface area (TPSA) is 55.4 Å².